The first-order chi connectivity index (χ1) is 23.0. The fourth-order valence-electron chi connectivity index (χ4n) is 6.03. The summed E-state index contributed by atoms with van der Waals surface area (Å²) in [6.07, 6.45) is 2.33. The van der Waals surface area contributed by atoms with Gasteiger partial charge in [-0.05, 0) is 53.9 Å². The van der Waals surface area contributed by atoms with Gasteiger partial charge in [0.05, 0.1) is 4.92 Å². The number of aromatic nitrogens is 1. The van der Waals surface area contributed by atoms with Crippen molar-refractivity contribution in [2.45, 2.75) is 13.0 Å². The van der Waals surface area contributed by atoms with Crippen LogP contribution in [0.1, 0.15) is 11.3 Å². The quantitative estimate of drug-likeness (QED) is 0.0887. The van der Waals surface area contributed by atoms with Gasteiger partial charge in [-0.2, -0.15) is 0 Å². The zero-order chi connectivity index (χ0) is 32.2. The summed E-state index contributed by atoms with van der Waals surface area (Å²) in [5, 5.41) is 16.8. The minimum absolute atomic E-state index is 0.00539. The lowest BCUT2D eigenvalue weighted by atomic mass is 10.0. The van der Waals surface area contributed by atoms with Crippen molar-refractivity contribution in [2.24, 2.45) is 4.99 Å². The zero-order valence-electron chi connectivity index (χ0n) is 25.6. The van der Waals surface area contributed by atoms with Gasteiger partial charge in [0.15, 0.2) is 17.5 Å². The first kappa shape index (κ1) is 30.4. The fraction of sp³-hybridized carbons (Fsp3) is 0.257. The summed E-state index contributed by atoms with van der Waals surface area (Å²) in [6.45, 7) is 4.34. The Labute approximate surface area is 276 Å². The number of nitrogens with zero attached hydrogens (tertiary/aromatic N) is 5. The summed E-state index contributed by atoms with van der Waals surface area (Å²) in [5.74, 6) is 3.39. The van der Waals surface area contributed by atoms with E-state index in [1.807, 2.05) is 53.4 Å². The van der Waals surface area contributed by atoms with Crippen LogP contribution >= 0.6 is 11.6 Å². The van der Waals surface area contributed by atoms with Crippen molar-refractivity contribution < 1.29 is 18.8 Å². The number of benzene rings is 3. The van der Waals surface area contributed by atoms with Gasteiger partial charge in [0.25, 0.3) is 0 Å². The number of aliphatic imine (C=N–C) groups is 1. The van der Waals surface area contributed by atoms with Gasteiger partial charge in [-0.15, -0.1) is 0 Å². The lowest BCUT2D eigenvalue weighted by Gasteiger charge is -2.37. The molecule has 11 nitrogen and oxygen atoms in total. The fourth-order valence-corrected chi connectivity index (χ4v) is 6.21. The van der Waals surface area contributed by atoms with Gasteiger partial charge in [-0.3, -0.25) is 10.1 Å². The molecule has 47 heavy (non-hydrogen) atoms. The number of nitrogens with one attached hydrogen (secondary N) is 1. The third-order valence-electron chi connectivity index (χ3n) is 8.30. The molecule has 5 aromatic rings. The summed E-state index contributed by atoms with van der Waals surface area (Å²) >= 11 is 6.40. The average Bonchev–Trinajstić information content (AvgIpc) is 3.47. The molecule has 0 spiro atoms. The topological polar surface area (TPSA) is 119 Å². The lowest BCUT2D eigenvalue weighted by molar-refractivity contribution is -0.384. The zero-order valence-corrected chi connectivity index (χ0v) is 26.4. The van der Waals surface area contributed by atoms with Crippen LogP contribution in [-0.4, -0.2) is 66.7 Å². The van der Waals surface area contributed by atoms with Gasteiger partial charge >= 0.3 is 5.69 Å². The minimum atomic E-state index is -0.383. The summed E-state index contributed by atoms with van der Waals surface area (Å²) < 4.78 is 17.8. The first-order valence-corrected chi connectivity index (χ1v) is 15.9. The number of hydrogen-bond acceptors (Lipinski definition) is 8. The first-order valence-electron chi connectivity index (χ1n) is 15.6. The standard InChI is InChI=1S/C35H33ClN6O5/c36-26-9-11-29-27(22-26)33(25-5-2-1-3-6-25)32(47-29)23-39-35(38-14-12-24-8-10-30-31(21-24)46-20-19-45-30)41-17-15-40(16-18-41)34-28(42(43)44)7-4-13-37-34/h1-11,13,21-22H,12,14-20,23H2,(H,38,39). The molecule has 4 heterocycles. The van der Waals surface area contributed by atoms with E-state index in [2.05, 4.69) is 33.4 Å². The van der Waals surface area contributed by atoms with Crippen LogP contribution in [0.4, 0.5) is 11.5 Å². The summed E-state index contributed by atoms with van der Waals surface area (Å²) in [5.41, 5.74) is 3.86. The molecule has 1 fully saturated rings. The number of guanidine groups is 1. The number of rotatable bonds is 8. The van der Waals surface area contributed by atoms with E-state index in [1.54, 1.807) is 12.3 Å². The Hall–Kier alpha value is -5.29. The van der Waals surface area contributed by atoms with Crippen LogP contribution in [-0.2, 0) is 13.0 Å². The maximum atomic E-state index is 11.7. The Morgan fingerprint density at radius 2 is 1.77 bits per heavy atom. The van der Waals surface area contributed by atoms with Crippen molar-refractivity contribution in [3.8, 4) is 22.6 Å². The molecule has 0 aliphatic carbocycles. The lowest BCUT2D eigenvalue weighted by Crippen LogP contribution is -2.53. The number of ether oxygens (including phenoxy) is 2. The second-order valence-corrected chi connectivity index (χ2v) is 11.7. The van der Waals surface area contributed by atoms with Gasteiger partial charge in [0, 0.05) is 61.0 Å². The predicted molar refractivity (Wildman–Crippen MR) is 182 cm³/mol. The number of furan rings is 1. The highest BCUT2D eigenvalue weighted by Gasteiger charge is 2.26. The number of pyridine rings is 1. The van der Waals surface area contributed by atoms with Gasteiger partial charge in [-0.25, -0.2) is 9.98 Å². The molecule has 7 rings (SSSR count). The average molecular weight is 653 g/mol. The third kappa shape index (κ3) is 6.66. The maximum Gasteiger partial charge on any atom is 0.311 e. The molecule has 2 aliphatic heterocycles. The SMILES string of the molecule is O=[N+]([O-])c1cccnc1N1CCN(C(=NCc2oc3ccc(Cl)cc3c2-c2ccccc2)NCCc2ccc3c(c2)OCCO3)CC1. The van der Waals surface area contributed by atoms with Crippen LogP contribution in [0, 0.1) is 10.1 Å². The molecule has 0 radical (unpaired) electrons. The summed E-state index contributed by atoms with van der Waals surface area (Å²) in [7, 11) is 0. The van der Waals surface area contributed by atoms with E-state index in [0.29, 0.717) is 63.3 Å². The molecule has 1 N–H and O–H groups in total. The minimum Gasteiger partial charge on any atom is -0.486 e. The second kappa shape index (κ2) is 13.6. The van der Waals surface area contributed by atoms with Crippen LogP contribution in [0.15, 0.2) is 94.5 Å². The number of halogens is 1. The van der Waals surface area contributed by atoms with Gasteiger partial charge < -0.3 is 29.0 Å². The summed E-state index contributed by atoms with van der Waals surface area (Å²) in [6, 6.07) is 24.9. The Kier molecular flexibility index (Phi) is 8.79. The van der Waals surface area contributed by atoms with E-state index in [4.69, 9.17) is 30.5 Å². The number of piperazine rings is 1. The molecule has 0 amide bonds. The smallest absolute Gasteiger partial charge is 0.311 e. The molecule has 3 aromatic carbocycles. The van der Waals surface area contributed by atoms with Crippen molar-refractivity contribution in [3.05, 3.63) is 112 Å². The largest absolute Gasteiger partial charge is 0.486 e. The Bertz CT molecular complexity index is 1920. The van der Waals surface area contributed by atoms with Crippen molar-refractivity contribution >= 4 is 40.0 Å². The highest BCUT2D eigenvalue weighted by Crippen LogP contribution is 2.37. The maximum absolute atomic E-state index is 11.7. The molecule has 0 bridgehead atoms. The third-order valence-corrected chi connectivity index (χ3v) is 8.54. The van der Waals surface area contributed by atoms with Gasteiger partial charge in [-0.1, -0.05) is 48.0 Å². The van der Waals surface area contributed by atoms with E-state index in [1.165, 1.54) is 6.07 Å². The van der Waals surface area contributed by atoms with Crippen LogP contribution in [0.5, 0.6) is 11.5 Å². The van der Waals surface area contributed by atoms with Gasteiger partial charge in [0.2, 0.25) is 5.82 Å². The van der Waals surface area contributed by atoms with Crippen LogP contribution < -0.4 is 19.7 Å². The predicted octanol–water partition coefficient (Wildman–Crippen LogP) is 6.34. The van der Waals surface area contributed by atoms with Crippen LogP contribution in [0.25, 0.3) is 22.1 Å². The molecule has 12 heteroatoms. The van der Waals surface area contributed by atoms with Crippen molar-refractivity contribution in [1.29, 1.82) is 0 Å². The van der Waals surface area contributed by atoms with Crippen molar-refractivity contribution in [1.82, 2.24) is 15.2 Å². The van der Waals surface area contributed by atoms with E-state index in [0.717, 1.165) is 57.3 Å². The normalized spacial score (nSPS) is 14.8. The van der Waals surface area contributed by atoms with E-state index in [-0.39, 0.29) is 10.6 Å². The monoisotopic (exact) mass is 652 g/mol. The van der Waals surface area contributed by atoms with E-state index >= 15 is 0 Å². The van der Waals surface area contributed by atoms with Crippen LogP contribution in [0.2, 0.25) is 5.02 Å². The van der Waals surface area contributed by atoms with Crippen molar-refractivity contribution in [3.63, 3.8) is 0 Å². The Balaban J connectivity index is 1.14. The molecule has 240 valence electrons. The number of nitro groups is 1. The van der Waals surface area contributed by atoms with E-state index < -0.39 is 0 Å². The van der Waals surface area contributed by atoms with Crippen molar-refractivity contribution in [2.75, 3.05) is 50.8 Å². The number of anilines is 1. The molecule has 2 aromatic heterocycles. The van der Waals surface area contributed by atoms with E-state index in [9.17, 15) is 10.1 Å². The highest BCUT2D eigenvalue weighted by atomic mass is 35.5. The Morgan fingerprint density at radius 1 is 0.957 bits per heavy atom. The Morgan fingerprint density at radius 3 is 2.57 bits per heavy atom. The molecular weight excluding hydrogens is 620 g/mol. The molecule has 2 aliphatic rings. The molecule has 0 saturated carbocycles. The second-order valence-electron chi connectivity index (χ2n) is 11.3. The molecule has 1 saturated heterocycles. The highest BCUT2D eigenvalue weighted by molar-refractivity contribution is 6.31. The summed E-state index contributed by atoms with van der Waals surface area (Å²) in [4.78, 5) is 24.8. The van der Waals surface area contributed by atoms with Crippen LogP contribution in [0.3, 0.4) is 0 Å². The molecule has 0 atom stereocenters. The number of fused-ring (bicyclic) bond motifs is 2. The van der Waals surface area contributed by atoms with Gasteiger partial charge in [0.1, 0.15) is 31.1 Å². The number of hydrogen-bond donors (Lipinski definition) is 1. The molecule has 0 unspecified atom stereocenters. The molecular formula is C35H33ClN6O5.